The zero-order valence-corrected chi connectivity index (χ0v) is 11.4. The zero-order valence-electron chi connectivity index (χ0n) is 10.6. The van der Waals surface area contributed by atoms with Gasteiger partial charge in [0.05, 0.1) is 0 Å². The molecule has 0 aliphatic rings. The van der Waals surface area contributed by atoms with Crippen LogP contribution in [0.4, 0.5) is 5.69 Å². The van der Waals surface area contributed by atoms with Gasteiger partial charge in [-0.15, -0.1) is 11.3 Å². The molecule has 0 unspecified atom stereocenters. The van der Waals surface area contributed by atoms with Crippen LogP contribution in [0.15, 0.2) is 36.4 Å². The van der Waals surface area contributed by atoms with Gasteiger partial charge in [-0.2, -0.15) is 0 Å². The maximum Gasteiger partial charge on any atom is 0.348 e. The second-order valence-electron chi connectivity index (χ2n) is 3.92. The summed E-state index contributed by atoms with van der Waals surface area (Å²) >= 11 is 1.34. The lowest BCUT2D eigenvalue weighted by molar-refractivity contribution is 0.0456. The molecule has 2 aromatic rings. The molecule has 1 aromatic carbocycles. The lowest BCUT2D eigenvalue weighted by atomic mass is 10.3. The number of nitrogen functional groups attached to an aromatic ring is 1. The molecular weight excluding hydrogens is 262 g/mol. The highest BCUT2D eigenvalue weighted by Gasteiger charge is 2.12. The van der Waals surface area contributed by atoms with Crippen LogP contribution in [0.3, 0.4) is 0 Å². The lowest BCUT2D eigenvalue weighted by Gasteiger charge is -2.06. The van der Waals surface area contributed by atoms with Gasteiger partial charge >= 0.3 is 5.97 Å². The maximum absolute atomic E-state index is 11.7. The molecule has 0 radical (unpaired) electrons. The first-order valence-corrected chi connectivity index (χ1v) is 6.69. The number of carbonyl (C=O) groups excluding carboxylic acids is 1. The topological polar surface area (TPSA) is 61.5 Å². The fourth-order valence-corrected chi connectivity index (χ4v) is 2.31. The highest BCUT2D eigenvalue weighted by molar-refractivity contribution is 7.14. The van der Waals surface area contributed by atoms with Crippen molar-refractivity contribution in [3.05, 3.63) is 46.2 Å². The van der Waals surface area contributed by atoms with E-state index in [4.69, 9.17) is 15.2 Å². The number of thiophene rings is 1. The second-order valence-corrected chi connectivity index (χ2v) is 5.18. The quantitative estimate of drug-likeness (QED) is 0.674. The molecule has 0 bridgehead atoms. The van der Waals surface area contributed by atoms with E-state index < -0.39 is 0 Å². The van der Waals surface area contributed by atoms with E-state index in [1.165, 1.54) is 11.3 Å². The van der Waals surface area contributed by atoms with Crippen LogP contribution in [0, 0.1) is 6.92 Å². The van der Waals surface area contributed by atoms with Crippen molar-refractivity contribution in [2.75, 3.05) is 18.9 Å². The highest BCUT2D eigenvalue weighted by atomic mass is 32.1. The standard InChI is InChI=1S/C14H15NO3S/c1-10-12(15)9-13(19-10)14(16)18-8-7-17-11-5-3-2-4-6-11/h2-6,9H,7-8,15H2,1H3. The van der Waals surface area contributed by atoms with E-state index in [0.717, 1.165) is 10.6 Å². The Morgan fingerprint density at radius 1 is 1.26 bits per heavy atom. The van der Waals surface area contributed by atoms with E-state index in [2.05, 4.69) is 0 Å². The average Bonchev–Trinajstić information content (AvgIpc) is 2.76. The van der Waals surface area contributed by atoms with Crippen LogP contribution in [0.5, 0.6) is 5.75 Å². The Balaban J connectivity index is 1.75. The summed E-state index contributed by atoms with van der Waals surface area (Å²) in [4.78, 5) is 13.1. The van der Waals surface area contributed by atoms with Gasteiger partial charge in [0.15, 0.2) is 0 Å². The molecule has 0 aliphatic heterocycles. The molecule has 19 heavy (non-hydrogen) atoms. The first kappa shape index (κ1) is 13.4. The minimum absolute atomic E-state index is 0.213. The van der Waals surface area contributed by atoms with Crippen LogP contribution < -0.4 is 10.5 Å². The van der Waals surface area contributed by atoms with Crippen LogP contribution >= 0.6 is 11.3 Å². The highest BCUT2D eigenvalue weighted by Crippen LogP contribution is 2.23. The number of ether oxygens (including phenoxy) is 2. The summed E-state index contributed by atoms with van der Waals surface area (Å²) in [6.07, 6.45) is 0. The average molecular weight is 277 g/mol. The van der Waals surface area contributed by atoms with Crippen LogP contribution in [0.1, 0.15) is 14.5 Å². The molecule has 0 amide bonds. The third kappa shape index (κ3) is 3.72. The Kier molecular flexibility index (Phi) is 4.41. The molecule has 0 aliphatic carbocycles. The maximum atomic E-state index is 11.7. The number of aryl methyl sites for hydroxylation is 1. The second kappa shape index (κ2) is 6.24. The molecule has 1 heterocycles. The lowest BCUT2D eigenvalue weighted by Crippen LogP contribution is -2.11. The minimum atomic E-state index is -0.360. The Bertz CT molecular complexity index is 532. The van der Waals surface area contributed by atoms with Crippen molar-refractivity contribution in [1.82, 2.24) is 0 Å². The monoisotopic (exact) mass is 277 g/mol. The third-order valence-corrected chi connectivity index (χ3v) is 3.53. The SMILES string of the molecule is Cc1sc(C(=O)OCCOc2ccccc2)cc1N. The van der Waals surface area contributed by atoms with E-state index in [-0.39, 0.29) is 12.6 Å². The summed E-state index contributed by atoms with van der Waals surface area (Å²) in [5, 5.41) is 0. The summed E-state index contributed by atoms with van der Waals surface area (Å²) < 4.78 is 10.5. The number of esters is 1. The van der Waals surface area contributed by atoms with Gasteiger partial charge in [-0.3, -0.25) is 0 Å². The third-order valence-electron chi connectivity index (χ3n) is 2.49. The number of para-hydroxylation sites is 1. The minimum Gasteiger partial charge on any atom is -0.490 e. The molecule has 4 nitrogen and oxygen atoms in total. The van der Waals surface area contributed by atoms with Gasteiger partial charge in [0, 0.05) is 10.6 Å². The predicted molar refractivity (Wildman–Crippen MR) is 75.7 cm³/mol. The van der Waals surface area contributed by atoms with Crippen molar-refractivity contribution >= 4 is 23.0 Å². The number of nitrogens with two attached hydrogens (primary N) is 1. The Morgan fingerprint density at radius 3 is 2.63 bits per heavy atom. The number of rotatable bonds is 5. The summed E-state index contributed by atoms with van der Waals surface area (Å²) in [5.74, 6) is 0.399. The molecular formula is C14H15NO3S. The van der Waals surface area contributed by atoms with Gasteiger partial charge in [-0.1, -0.05) is 18.2 Å². The van der Waals surface area contributed by atoms with E-state index in [0.29, 0.717) is 17.2 Å². The molecule has 2 rings (SSSR count). The molecule has 1 aromatic heterocycles. The van der Waals surface area contributed by atoms with Crippen LogP contribution in [-0.2, 0) is 4.74 Å². The smallest absolute Gasteiger partial charge is 0.348 e. The predicted octanol–water partition coefficient (Wildman–Crippen LogP) is 2.87. The van der Waals surface area contributed by atoms with E-state index in [1.807, 2.05) is 37.3 Å². The van der Waals surface area contributed by atoms with Crippen LogP contribution in [0.2, 0.25) is 0 Å². The molecule has 5 heteroatoms. The van der Waals surface area contributed by atoms with E-state index in [1.54, 1.807) is 6.07 Å². The summed E-state index contributed by atoms with van der Waals surface area (Å²) in [5.41, 5.74) is 6.31. The van der Waals surface area contributed by atoms with Gasteiger partial charge < -0.3 is 15.2 Å². The molecule has 0 spiro atoms. The number of hydrogen-bond acceptors (Lipinski definition) is 5. The Hall–Kier alpha value is -2.01. The first-order valence-electron chi connectivity index (χ1n) is 5.87. The Labute approximate surface area is 115 Å². The molecule has 0 saturated carbocycles. The van der Waals surface area contributed by atoms with E-state index in [9.17, 15) is 4.79 Å². The largest absolute Gasteiger partial charge is 0.490 e. The summed E-state index contributed by atoms with van der Waals surface area (Å²) in [7, 11) is 0. The normalized spacial score (nSPS) is 10.2. The van der Waals surface area contributed by atoms with Crippen molar-refractivity contribution in [1.29, 1.82) is 0 Å². The number of anilines is 1. The van der Waals surface area contributed by atoms with Crippen molar-refractivity contribution < 1.29 is 14.3 Å². The van der Waals surface area contributed by atoms with Crippen molar-refractivity contribution in [3.63, 3.8) is 0 Å². The van der Waals surface area contributed by atoms with Crippen molar-refractivity contribution in [2.45, 2.75) is 6.92 Å². The molecule has 2 N–H and O–H groups in total. The van der Waals surface area contributed by atoms with Crippen molar-refractivity contribution in [3.8, 4) is 5.75 Å². The molecule has 0 fully saturated rings. The molecule has 0 atom stereocenters. The number of benzene rings is 1. The summed E-state index contributed by atoms with van der Waals surface area (Å²) in [6, 6.07) is 11.0. The van der Waals surface area contributed by atoms with E-state index >= 15 is 0 Å². The van der Waals surface area contributed by atoms with Gasteiger partial charge in [0.1, 0.15) is 23.8 Å². The van der Waals surface area contributed by atoms with Crippen molar-refractivity contribution in [2.24, 2.45) is 0 Å². The molecule has 0 saturated heterocycles. The van der Waals surface area contributed by atoms with Crippen LogP contribution in [-0.4, -0.2) is 19.2 Å². The summed E-state index contributed by atoms with van der Waals surface area (Å²) in [6.45, 7) is 2.41. The molecule has 100 valence electrons. The van der Waals surface area contributed by atoms with Gasteiger partial charge in [-0.25, -0.2) is 4.79 Å². The Morgan fingerprint density at radius 2 is 2.00 bits per heavy atom. The van der Waals surface area contributed by atoms with Gasteiger partial charge in [0.2, 0.25) is 0 Å². The van der Waals surface area contributed by atoms with Gasteiger partial charge in [0.25, 0.3) is 0 Å². The fourth-order valence-electron chi connectivity index (χ4n) is 1.48. The first-order chi connectivity index (χ1) is 9.16. The zero-order chi connectivity index (χ0) is 13.7. The number of carbonyl (C=O) groups is 1. The van der Waals surface area contributed by atoms with Gasteiger partial charge in [-0.05, 0) is 25.1 Å². The van der Waals surface area contributed by atoms with Crippen LogP contribution in [0.25, 0.3) is 0 Å². The number of hydrogen-bond donors (Lipinski definition) is 1. The fraction of sp³-hybridized carbons (Fsp3) is 0.214.